The van der Waals surface area contributed by atoms with E-state index in [0.29, 0.717) is 18.7 Å². The molecule has 4 aromatic heterocycles. The summed E-state index contributed by atoms with van der Waals surface area (Å²) in [6, 6.07) is 10.2. The maximum absolute atomic E-state index is 6.89. The van der Waals surface area contributed by atoms with E-state index in [1.54, 1.807) is 12.4 Å². The number of pyridine rings is 2. The summed E-state index contributed by atoms with van der Waals surface area (Å²) in [6.45, 7) is 0. The SMILES string of the molecule is NC1CC(N)(c2nc(-c3ccnc4[nH]c5ccccc5c34)nc3cncc(C4=CC=C4)c23)C1. The van der Waals surface area contributed by atoms with Crippen molar-refractivity contribution in [3.8, 4) is 11.4 Å². The molecule has 0 atom stereocenters. The number of aromatic nitrogens is 5. The van der Waals surface area contributed by atoms with Crippen molar-refractivity contribution in [2.24, 2.45) is 11.5 Å². The molecule has 0 amide bonds. The number of nitrogens with two attached hydrogens (primary N) is 2. The lowest BCUT2D eigenvalue weighted by Crippen LogP contribution is -2.55. The monoisotopic (exact) mass is 431 g/mol. The Hall–Kier alpha value is -3.94. The van der Waals surface area contributed by atoms with Gasteiger partial charge in [0.15, 0.2) is 5.82 Å². The third-order valence-corrected chi connectivity index (χ3v) is 6.84. The first-order valence-electron chi connectivity index (χ1n) is 11.1. The standard InChI is InChI=1S/C26H21N7/c27-15-10-26(28,11-15)23-22-18(14-4-3-5-14)12-29-13-20(22)32-24(33-23)17-8-9-30-25-21(17)16-6-1-2-7-19(16)31-25/h1-9,12-13,15H,10-11,27-28H2,(H,30,31). The fourth-order valence-electron chi connectivity index (χ4n) is 5.18. The highest BCUT2D eigenvalue weighted by Gasteiger charge is 2.43. The molecule has 7 heteroatoms. The Balaban J connectivity index is 1.55. The Morgan fingerprint density at radius 2 is 1.85 bits per heavy atom. The van der Waals surface area contributed by atoms with Crippen LogP contribution in [0.15, 0.2) is 67.2 Å². The normalized spacial score (nSPS) is 21.9. The Bertz CT molecular complexity index is 1650. The van der Waals surface area contributed by atoms with E-state index >= 15 is 0 Å². The van der Waals surface area contributed by atoms with Crippen LogP contribution in [0.1, 0.15) is 24.1 Å². The van der Waals surface area contributed by atoms with E-state index in [2.05, 4.69) is 33.2 Å². The third-order valence-electron chi connectivity index (χ3n) is 6.84. The first-order valence-corrected chi connectivity index (χ1v) is 11.1. The molecule has 0 unspecified atom stereocenters. The van der Waals surface area contributed by atoms with Gasteiger partial charge in [0.2, 0.25) is 0 Å². The molecule has 4 heterocycles. The summed E-state index contributed by atoms with van der Waals surface area (Å²) in [4.78, 5) is 22.5. The molecule has 1 fully saturated rings. The van der Waals surface area contributed by atoms with Crippen LogP contribution in [0.3, 0.4) is 0 Å². The van der Waals surface area contributed by atoms with E-state index in [9.17, 15) is 0 Å². The second-order valence-corrected chi connectivity index (χ2v) is 9.04. The zero-order valence-electron chi connectivity index (χ0n) is 17.8. The van der Waals surface area contributed by atoms with Gasteiger partial charge in [-0.25, -0.2) is 15.0 Å². The number of hydrogen-bond donors (Lipinski definition) is 3. The van der Waals surface area contributed by atoms with E-state index in [1.807, 2.05) is 36.5 Å². The molecule has 160 valence electrons. The molecule has 2 aliphatic rings. The van der Waals surface area contributed by atoms with Crippen LogP contribution in [0, 0.1) is 0 Å². The number of allylic oxidation sites excluding steroid dienone is 4. The van der Waals surface area contributed by atoms with Crippen LogP contribution >= 0.6 is 0 Å². The smallest absolute Gasteiger partial charge is 0.161 e. The molecular formula is C26H21N7. The molecule has 0 spiro atoms. The van der Waals surface area contributed by atoms with E-state index in [-0.39, 0.29) is 6.04 Å². The number of benzene rings is 1. The number of H-pyrrole nitrogens is 1. The lowest BCUT2D eigenvalue weighted by atomic mass is 9.70. The lowest BCUT2D eigenvalue weighted by Gasteiger charge is -2.43. The second-order valence-electron chi connectivity index (χ2n) is 9.04. The van der Waals surface area contributed by atoms with Crippen LogP contribution in [-0.2, 0) is 5.54 Å². The molecule has 5 N–H and O–H groups in total. The summed E-state index contributed by atoms with van der Waals surface area (Å²) in [5.74, 6) is 0.622. The van der Waals surface area contributed by atoms with Gasteiger partial charge in [-0.2, -0.15) is 0 Å². The zero-order chi connectivity index (χ0) is 22.2. The summed E-state index contributed by atoms with van der Waals surface area (Å²) in [7, 11) is 0. The van der Waals surface area contributed by atoms with Gasteiger partial charge in [-0.05, 0) is 30.5 Å². The average Bonchev–Trinajstić information content (AvgIpc) is 3.15. The Kier molecular flexibility index (Phi) is 3.69. The largest absolute Gasteiger partial charge is 0.339 e. The highest BCUT2D eigenvalue weighted by Crippen LogP contribution is 2.43. The van der Waals surface area contributed by atoms with Gasteiger partial charge in [0, 0.05) is 51.2 Å². The molecule has 2 aliphatic carbocycles. The number of aromatic amines is 1. The molecule has 7 rings (SSSR count). The van der Waals surface area contributed by atoms with Crippen LogP contribution < -0.4 is 11.5 Å². The molecule has 0 saturated heterocycles. The minimum Gasteiger partial charge on any atom is -0.339 e. The number of fused-ring (bicyclic) bond motifs is 4. The van der Waals surface area contributed by atoms with Crippen molar-refractivity contribution in [1.82, 2.24) is 24.9 Å². The van der Waals surface area contributed by atoms with E-state index < -0.39 is 5.54 Å². The molecule has 0 aliphatic heterocycles. The van der Waals surface area contributed by atoms with Crippen LogP contribution in [0.25, 0.3) is 49.8 Å². The van der Waals surface area contributed by atoms with Gasteiger partial charge in [0.05, 0.1) is 22.9 Å². The van der Waals surface area contributed by atoms with Crippen molar-refractivity contribution in [3.63, 3.8) is 0 Å². The zero-order valence-corrected chi connectivity index (χ0v) is 17.8. The molecule has 0 bridgehead atoms. The van der Waals surface area contributed by atoms with Gasteiger partial charge in [-0.3, -0.25) is 4.98 Å². The Labute approximate surface area is 189 Å². The Morgan fingerprint density at radius 1 is 1.00 bits per heavy atom. The van der Waals surface area contributed by atoms with Crippen molar-refractivity contribution < 1.29 is 0 Å². The lowest BCUT2D eigenvalue weighted by molar-refractivity contribution is 0.207. The van der Waals surface area contributed by atoms with Crippen molar-refractivity contribution in [2.45, 2.75) is 24.4 Å². The summed E-state index contributed by atoms with van der Waals surface area (Å²) in [5.41, 5.74) is 19.0. The Morgan fingerprint density at radius 3 is 2.64 bits per heavy atom. The minimum atomic E-state index is -0.591. The molecule has 1 aromatic carbocycles. The van der Waals surface area contributed by atoms with E-state index in [0.717, 1.165) is 55.2 Å². The van der Waals surface area contributed by atoms with Gasteiger partial charge in [0.1, 0.15) is 5.65 Å². The van der Waals surface area contributed by atoms with Crippen LogP contribution in [0.5, 0.6) is 0 Å². The number of nitrogens with zero attached hydrogens (tertiary/aromatic N) is 4. The number of para-hydroxylation sites is 1. The summed E-state index contributed by atoms with van der Waals surface area (Å²) in [5, 5.41) is 3.05. The molecule has 1 saturated carbocycles. The first kappa shape index (κ1) is 18.6. The second kappa shape index (κ2) is 6.54. The molecule has 0 radical (unpaired) electrons. The summed E-state index contributed by atoms with van der Waals surface area (Å²) in [6.07, 6.45) is 13.0. The highest BCUT2D eigenvalue weighted by atomic mass is 15.0. The molecule has 33 heavy (non-hydrogen) atoms. The fourth-order valence-corrected chi connectivity index (χ4v) is 5.18. The van der Waals surface area contributed by atoms with Gasteiger partial charge in [-0.15, -0.1) is 0 Å². The van der Waals surface area contributed by atoms with Gasteiger partial charge in [-0.1, -0.05) is 36.4 Å². The van der Waals surface area contributed by atoms with E-state index in [1.165, 1.54) is 0 Å². The van der Waals surface area contributed by atoms with Crippen molar-refractivity contribution >= 4 is 38.4 Å². The maximum Gasteiger partial charge on any atom is 0.161 e. The third kappa shape index (κ3) is 2.63. The van der Waals surface area contributed by atoms with Crippen molar-refractivity contribution in [1.29, 1.82) is 0 Å². The molecule has 5 aromatic rings. The summed E-state index contributed by atoms with van der Waals surface area (Å²) >= 11 is 0. The highest BCUT2D eigenvalue weighted by molar-refractivity contribution is 6.12. The minimum absolute atomic E-state index is 0.0813. The predicted molar refractivity (Wildman–Crippen MR) is 130 cm³/mol. The van der Waals surface area contributed by atoms with Crippen molar-refractivity contribution in [3.05, 3.63) is 78.4 Å². The average molecular weight is 432 g/mol. The molecule has 7 nitrogen and oxygen atoms in total. The topological polar surface area (TPSA) is 119 Å². The van der Waals surface area contributed by atoms with Crippen molar-refractivity contribution in [2.75, 3.05) is 0 Å². The van der Waals surface area contributed by atoms with Crippen LogP contribution in [0.2, 0.25) is 0 Å². The quantitative estimate of drug-likeness (QED) is 0.398. The van der Waals surface area contributed by atoms with Gasteiger partial charge < -0.3 is 16.5 Å². The van der Waals surface area contributed by atoms with E-state index in [4.69, 9.17) is 21.4 Å². The number of rotatable bonds is 3. The predicted octanol–water partition coefficient (Wildman–Crippen LogP) is 3.95. The number of nitrogens with one attached hydrogen (secondary N) is 1. The van der Waals surface area contributed by atoms with Crippen LogP contribution in [0.4, 0.5) is 0 Å². The maximum atomic E-state index is 6.89. The fraction of sp³-hybridized carbons (Fsp3) is 0.154. The summed E-state index contributed by atoms with van der Waals surface area (Å²) < 4.78 is 0. The first-order chi connectivity index (χ1) is 16.1. The van der Waals surface area contributed by atoms with Gasteiger partial charge in [0.25, 0.3) is 0 Å². The molecular weight excluding hydrogens is 410 g/mol. The number of hydrogen-bond acceptors (Lipinski definition) is 6. The van der Waals surface area contributed by atoms with Crippen LogP contribution in [-0.4, -0.2) is 31.0 Å². The van der Waals surface area contributed by atoms with Gasteiger partial charge >= 0.3 is 0 Å².